The van der Waals surface area contributed by atoms with Gasteiger partial charge in [0.05, 0.1) is 55.0 Å². The first-order valence-electron chi connectivity index (χ1n) is 23.1. The molecule has 2 nitrogen and oxygen atoms in total. The van der Waals surface area contributed by atoms with E-state index in [1.54, 1.807) is 0 Å². The smallest absolute Gasteiger partial charge is 0.0652 e. The van der Waals surface area contributed by atoms with Gasteiger partial charge in [0.25, 0.3) is 0 Å². The van der Waals surface area contributed by atoms with Gasteiger partial charge in [-0.1, -0.05) is 96.7 Å². The Labute approximate surface area is 254 Å². The molecule has 0 spiro atoms. The Morgan fingerprint density at radius 3 is 1.45 bits per heavy atom. The molecular weight excluding hydrogens is 460 g/mol. The number of fused-ring (bicyclic) bond motifs is 6. The highest BCUT2D eigenvalue weighted by atomic mass is 15.0. The highest BCUT2D eigenvalue weighted by Gasteiger charge is 2.16. The highest BCUT2D eigenvalue weighted by Crippen LogP contribution is 2.37. The predicted octanol–water partition coefficient (Wildman–Crippen LogP) is 9.55. The van der Waals surface area contributed by atoms with Gasteiger partial charge >= 0.3 is 0 Å². The molecule has 0 N–H and O–H groups in total. The van der Waals surface area contributed by atoms with Gasteiger partial charge in [-0.3, -0.25) is 0 Å². The molecule has 8 aromatic rings. The van der Waals surface area contributed by atoms with Crippen molar-refractivity contribution in [1.29, 1.82) is 0 Å². The van der Waals surface area contributed by atoms with E-state index in [2.05, 4.69) is 0 Å². The zero-order chi connectivity index (χ0) is 45.9. The quantitative estimate of drug-likeness (QED) is 0.225. The van der Waals surface area contributed by atoms with Crippen molar-refractivity contribution < 1.29 is 32.9 Å². The van der Waals surface area contributed by atoms with Crippen LogP contribution in [-0.2, 0) is 0 Å². The van der Waals surface area contributed by atoms with Crippen LogP contribution in [0.5, 0.6) is 0 Å². The molecule has 2 heteroatoms. The lowest BCUT2D eigenvalue weighted by molar-refractivity contribution is 1.17. The second kappa shape index (κ2) is 8.22. The van der Waals surface area contributed by atoms with Crippen molar-refractivity contribution in [2.24, 2.45) is 0 Å². The fourth-order valence-corrected chi connectivity index (χ4v) is 4.43. The molecular formula is C36H24N2. The number of rotatable bonds is 3. The summed E-state index contributed by atoms with van der Waals surface area (Å²) >= 11 is 0. The molecule has 38 heavy (non-hydrogen) atoms. The summed E-state index contributed by atoms with van der Waals surface area (Å²) in [5, 5.41) is -1.99. The first-order chi connectivity index (χ1) is 28.9. The van der Waals surface area contributed by atoms with Gasteiger partial charge in [-0.25, -0.2) is 0 Å². The normalized spacial score (nSPS) is 20.5. The van der Waals surface area contributed by atoms with Crippen LogP contribution >= 0.6 is 0 Å². The maximum Gasteiger partial charge on any atom is 0.0652 e. The van der Waals surface area contributed by atoms with E-state index in [1.807, 2.05) is 0 Å². The van der Waals surface area contributed by atoms with E-state index in [0.717, 1.165) is 9.13 Å². The monoisotopic (exact) mass is 508 g/mol. The number of hydrogen-bond acceptors (Lipinski definition) is 0. The van der Waals surface area contributed by atoms with Crippen LogP contribution in [0.3, 0.4) is 0 Å². The summed E-state index contributed by atoms with van der Waals surface area (Å²) in [6.07, 6.45) is 0. The molecule has 2 heterocycles. The summed E-state index contributed by atoms with van der Waals surface area (Å²) in [6, 6.07) is -20.8. The molecule has 0 bridgehead atoms. The molecule has 0 aliphatic rings. The predicted molar refractivity (Wildman–Crippen MR) is 161 cm³/mol. The van der Waals surface area contributed by atoms with Gasteiger partial charge in [-0.05, 0) is 59.5 Å². The zero-order valence-electron chi connectivity index (χ0n) is 42.9. The lowest BCUT2D eigenvalue weighted by Gasteiger charge is -2.11. The summed E-state index contributed by atoms with van der Waals surface area (Å²) in [5.74, 6) is 0. The maximum atomic E-state index is 9.73. The van der Waals surface area contributed by atoms with Crippen molar-refractivity contribution in [3.8, 4) is 22.5 Å². The van der Waals surface area contributed by atoms with Gasteiger partial charge in [-0.15, -0.1) is 0 Å². The van der Waals surface area contributed by atoms with E-state index in [0.29, 0.717) is 0 Å². The van der Waals surface area contributed by atoms with Gasteiger partial charge in [0.2, 0.25) is 0 Å². The Bertz CT molecular complexity index is 3350. The molecule has 0 fully saturated rings. The molecule has 0 aliphatic carbocycles. The summed E-state index contributed by atoms with van der Waals surface area (Å²) in [7, 11) is 0. The molecule has 8 rings (SSSR count). The van der Waals surface area contributed by atoms with Crippen molar-refractivity contribution >= 4 is 43.6 Å². The average Bonchev–Trinajstić information content (AvgIpc) is 3.78. The van der Waals surface area contributed by atoms with Gasteiger partial charge in [0.1, 0.15) is 0 Å². The van der Waals surface area contributed by atoms with E-state index in [4.69, 9.17) is 27.4 Å². The Kier molecular flexibility index (Phi) is 1.78. The van der Waals surface area contributed by atoms with Gasteiger partial charge in [0.15, 0.2) is 0 Å². The Hall–Kier alpha value is -5.08. The Balaban J connectivity index is 1.68. The molecule has 0 atom stereocenters. The topological polar surface area (TPSA) is 9.86 Å². The van der Waals surface area contributed by atoms with Crippen LogP contribution in [0.2, 0.25) is 0 Å². The largest absolute Gasteiger partial charge is 0.309 e. The molecule has 0 saturated carbocycles. The van der Waals surface area contributed by atoms with E-state index in [-0.39, 0.29) is 0 Å². The second-order valence-corrected chi connectivity index (χ2v) is 8.01. The van der Waals surface area contributed by atoms with Crippen molar-refractivity contribution in [3.05, 3.63) is 145 Å². The van der Waals surface area contributed by atoms with E-state index in [1.165, 1.54) is 0 Å². The third-order valence-electron chi connectivity index (χ3n) is 5.99. The summed E-state index contributed by atoms with van der Waals surface area (Å²) < 4.78 is 212. The van der Waals surface area contributed by atoms with Crippen LogP contribution in [0.15, 0.2) is 145 Å². The van der Waals surface area contributed by atoms with Crippen molar-refractivity contribution in [2.45, 2.75) is 0 Å². The number of nitrogens with zero attached hydrogens (tertiary/aromatic N) is 2. The third-order valence-corrected chi connectivity index (χ3v) is 5.99. The maximum absolute atomic E-state index is 9.73. The minimum Gasteiger partial charge on any atom is -0.309 e. The fourth-order valence-electron chi connectivity index (χ4n) is 4.43. The molecule has 0 radical (unpaired) electrons. The van der Waals surface area contributed by atoms with E-state index >= 15 is 0 Å². The summed E-state index contributed by atoms with van der Waals surface area (Å²) in [6.45, 7) is 0. The minimum absolute atomic E-state index is 0.427. The molecule has 6 aromatic carbocycles. The van der Waals surface area contributed by atoms with Gasteiger partial charge in [0, 0.05) is 32.9 Å². The van der Waals surface area contributed by atoms with Crippen LogP contribution in [-0.4, -0.2) is 9.13 Å². The average molecular weight is 509 g/mol. The SMILES string of the molecule is [2H]c1c([2H])c([2H])c(-c2c([2H])c([2H])c([2H])c(-n3c4c([2H])c([2H])c([2H])c([2H])c4c4c([2H])c(-n5c6c([2H])c([2H])c([2H])c([2H])c6c6c([2H])c([2H])c([2H])c([2H])c65)c([2H])c([2H])c43)c2[2H])c([2H])c1[2H]. The number of para-hydroxylation sites is 3. The van der Waals surface area contributed by atoms with Crippen molar-refractivity contribution in [3.63, 3.8) is 0 Å². The first kappa shape index (κ1) is 8.21. The van der Waals surface area contributed by atoms with Gasteiger partial charge < -0.3 is 9.13 Å². The van der Waals surface area contributed by atoms with E-state index in [9.17, 15) is 5.48 Å². The minimum atomic E-state index is -0.984. The molecule has 0 aliphatic heterocycles. The van der Waals surface area contributed by atoms with Gasteiger partial charge in [-0.2, -0.15) is 0 Å². The Morgan fingerprint density at radius 2 is 0.816 bits per heavy atom. The van der Waals surface area contributed by atoms with Crippen LogP contribution in [0.25, 0.3) is 66.1 Å². The molecule has 0 unspecified atom stereocenters. The van der Waals surface area contributed by atoms with Crippen molar-refractivity contribution in [1.82, 2.24) is 9.13 Å². The lowest BCUT2D eigenvalue weighted by Crippen LogP contribution is -1.96. The summed E-state index contributed by atoms with van der Waals surface area (Å²) in [5.41, 5.74) is -5.36. The zero-order valence-corrected chi connectivity index (χ0v) is 18.9. The molecule has 178 valence electrons. The Morgan fingerprint density at radius 1 is 0.342 bits per heavy atom. The standard InChI is InChI=1S/C36H24N2/c1-2-11-25(12-3-1)26-13-10-14-27(23-26)37-35-20-9-6-17-31(35)32-24-28(21-22-36(32)37)38-33-18-7-4-15-29(33)30-16-5-8-19-34(30)38/h1-24H/i1D,2D,3D,4D,5D,6D,7D,8D,9D,10D,11D,12D,13D,14D,15D,16D,17D,18D,19D,20D,21D,22D,23D,24D. The van der Waals surface area contributed by atoms with Crippen LogP contribution in [0.4, 0.5) is 0 Å². The number of aromatic nitrogens is 2. The lowest BCUT2D eigenvalue weighted by atomic mass is 10.1. The van der Waals surface area contributed by atoms with Crippen molar-refractivity contribution in [2.75, 3.05) is 0 Å². The summed E-state index contributed by atoms with van der Waals surface area (Å²) in [4.78, 5) is 0. The van der Waals surface area contributed by atoms with Crippen LogP contribution in [0, 0.1) is 0 Å². The number of hydrogen-bond donors (Lipinski definition) is 0. The molecule has 0 saturated heterocycles. The highest BCUT2D eigenvalue weighted by molar-refractivity contribution is 6.12. The van der Waals surface area contributed by atoms with Crippen LogP contribution in [0.1, 0.15) is 32.9 Å². The molecule has 2 aromatic heterocycles. The molecule has 0 amide bonds. The third kappa shape index (κ3) is 3.07. The van der Waals surface area contributed by atoms with Crippen LogP contribution < -0.4 is 0 Å². The number of benzene rings is 6. The van der Waals surface area contributed by atoms with E-state index < -0.39 is 211 Å². The second-order valence-electron chi connectivity index (χ2n) is 8.01. The first-order valence-corrected chi connectivity index (χ1v) is 11.1. The fraction of sp³-hybridized carbons (Fsp3) is 0.